The quantitative estimate of drug-likeness (QED) is 0.546. The monoisotopic (exact) mass is 476 g/mol. The van der Waals surface area contributed by atoms with Crippen molar-refractivity contribution in [2.75, 3.05) is 13.2 Å². The normalized spacial score (nSPS) is 23.6. The molecule has 1 aromatic heterocycles. The molecule has 0 spiro atoms. The smallest absolute Gasteiger partial charge is 0.290 e. The highest BCUT2D eigenvalue weighted by Gasteiger charge is 2.52. The first-order chi connectivity index (χ1) is 17.1. The Balaban J connectivity index is 1.58. The van der Waals surface area contributed by atoms with Gasteiger partial charge in [0.25, 0.3) is 5.91 Å². The maximum absolute atomic E-state index is 13.8. The topological polar surface area (TPSA) is 78.0 Å². The van der Waals surface area contributed by atoms with Crippen LogP contribution in [-0.4, -0.2) is 40.9 Å². The van der Waals surface area contributed by atoms with Gasteiger partial charge in [0.05, 0.1) is 30.7 Å². The van der Waals surface area contributed by atoms with Crippen LogP contribution in [0.3, 0.4) is 0 Å². The summed E-state index contributed by atoms with van der Waals surface area (Å²) < 4.78 is 18.0. The van der Waals surface area contributed by atoms with Gasteiger partial charge in [0.15, 0.2) is 23.0 Å². The summed E-state index contributed by atoms with van der Waals surface area (Å²) in [6.07, 6.45) is 7.77. The molecule has 0 saturated heterocycles. The highest BCUT2D eigenvalue weighted by Crippen LogP contribution is 2.48. The zero-order valence-corrected chi connectivity index (χ0v) is 20.4. The lowest BCUT2D eigenvalue weighted by Gasteiger charge is -2.35. The lowest BCUT2D eigenvalue weighted by molar-refractivity contribution is -0.135. The van der Waals surface area contributed by atoms with Gasteiger partial charge in [0.2, 0.25) is 0 Å². The fourth-order valence-corrected chi connectivity index (χ4v) is 5.38. The van der Waals surface area contributed by atoms with Crippen LogP contribution < -0.4 is 9.47 Å². The number of carbonyl (C=O) groups excluding carboxylic acids is 2. The van der Waals surface area contributed by atoms with Gasteiger partial charge >= 0.3 is 0 Å². The largest absolute Gasteiger partial charge is 0.490 e. The van der Waals surface area contributed by atoms with Gasteiger partial charge in [-0.2, -0.15) is 0 Å². The molecule has 184 valence electrons. The van der Waals surface area contributed by atoms with E-state index in [-0.39, 0.29) is 29.5 Å². The van der Waals surface area contributed by atoms with Crippen LogP contribution in [0.2, 0.25) is 0 Å². The summed E-state index contributed by atoms with van der Waals surface area (Å²) in [4.78, 5) is 33.4. The number of hydrogen-bond donors (Lipinski definition) is 0. The Kier molecular flexibility index (Phi) is 6.75. The summed E-state index contributed by atoms with van der Waals surface area (Å²) in [6, 6.07) is 8.94. The van der Waals surface area contributed by atoms with Gasteiger partial charge in [0.1, 0.15) is 6.10 Å². The second kappa shape index (κ2) is 10.1. The van der Waals surface area contributed by atoms with Crippen molar-refractivity contribution in [1.82, 2.24) is 9.88 Å². The maximum atomic E-state index is 13.8. The van der Waals surface area contributed by atoms with Crippen molar-refractivity contribution in [3.05, 3.63) is 65.2 Å². The third-order valence-corrected chi connectivity index (χ3v) is 6.98. The van der Waals surface area contributed by atoms with E-state index in [1.54, 1.807) is 17.3 Å². The molecule has 3 heterocycles. The maximum Gasteiger partial charge on any atom is 0.290 e. The fourth-order valence-electron chi connectivity index (χ4n) is 5.38. The predicted molar refractivity (Wildman–Crippen MR) is 130 cm³/mol. The van der Waals surface area contributed by atoms with Crippen LogP contribution in [0.1, 0.15) is 63.1 Å². The molecule has 7 heteroatoms. The highest BCUT2D eigenvalue weighted by atomic mass is 16.5. The summed E-state index contributed by atoms with van der Waals surface area (Å²) in [5.41, 5.74) is 2.18. The molecule has 2 aliphatic heterocycles. The fraction of sp³-hybridized carbons (Fsp3) is 0.464. The van der Waals surface area contributed by atoms with E-state index in [2.05, 4.69) is 11.9 Å². The standard InChI is InChI=1S/C28H32N2O5/c1-3-14-34-22-12-11-19(15-23(22)33-4-2)25-24-26(31)20-9-5-6-10-21(20)35-27(24)28(32)30(25)17-18-8-7-13-29-16-18/h7-8,11-13,15-16,20-21,25H,3-6,9-10,14,17H2,1-2H3. The molecule has 3 unspecified atom stereocenters. The molecule has 1 aliphatic carbocycles. The molecule has 0 bridgehead atoms. The first-order valence-electron chi connectivity index (χ1n) is 12.7. The Hall–Kier alpha value is -3.35. The zero-order chi connectivity index (χ0) is 24.4. The van der Waals surface area contributed by atoms with Crippen molar-refractivity contribution in [1.29, 1.82) is 0 Å². The molecule has 0 N–H and O–H groups in total. The molecule has 1 fully saturated rings. The number of carbonyl (C=O) groups is 2. The van der Waals surface area contributed by atoms with Crippen LogP contribution in [0.5, 0.6) is 11.5 Å². The van der Waals surface area contributed by atoms with Gasteiger partial charge in [0, 0.05) is 18.9 Å². The summed E-state index contributed by atoms with van der Waals surface area (Å²) in [7, 11) is 0. The van der Waals surface area contributed by atoms with Crippen molar-refractivity contribution >= 4 is 11.7 Å². The van der Waals surface area contributed by atoms with Crippen molar-refractivity contribution in [3.63, 3.8) is 0 Å². The van der Waals surface area contributed by atoms with E-state index in [1.165, 1.54) is 0 Å². The molecule has 5 rings (SSSR count). The molecule has 1 aromatic carbocycles. The second-order valence-electron chi connectivity index (χ2n) is 9.34. The lowest BCUT2D eigenvalue weighted by atomic mass is 9.77. The average molecular weight is 477 g/mol. The number of ketones is 1. The van der Waals surface area contributed by atoms with Crippen LogP contribution in [0, 0.1) is 5.92 Å². The Bertz CT molecular complexity index is 1130. The van der Waals surface area contributed by atoms with Gasteiger partial charge < -0.3 is 19.1 Å². The van der Waals surface area contributed by atoms with Crippen LogP contribution in [0.15, 0.2) is 54.1 Å². The third-order valence-electron chi connectivity index (χ3n) is 6.98. The van der Waals surface area contributed by atoms with Crippen molar-refractivity contribution < 1.29 is 23.8 Å². The van der Waals surface area contributed by atoms with Crippen molar-refractivity contribution in [3.8, 4) is 11.5 Å². The third kappa shape index (κ3) is 4.40. The number of rotatable bonds is 8. The summed E-state index contributed by atoms with van der Waals surface area (Å²) in [5.74, 6) is 1.11. The number of Topliss-reactive ketones (excluding diaryl/α,β-unsaturated/α-hetero) is 1. The molecular formula is C28H32N2O5. The van der Waals surface area contributed by atoms with E-state index in [1.807, 2.05) is 37.3 Å². The van der Waals surface area contributed by atoms with Crippen LogP contribution in [-0.2, 0) is 20.9 Å². The Morgan fingerprint density at radius 3 is 2.71 bits per heavy atom. The Labute approximate surface area is 206 Å². The highest BCUT2D eigenvalue weighted by molar-refractivity contribution is 6.11. The molecule has 1 saturated carbocycles. The lowest BCUT2D eigenvalue weighted by Crippen LogP contribution is -2.39. The zero-order valence-electron chi connectivity index (χ0n) is 20.4. The van der Waals surface area contributed by atoms with Crippen molar-refractivity contribution in [2.45, 2.75) is 64.6 Å². The van der Waals surface area contributed by atoms with Crippen molar-refractivity contribution in [2.24, 2.45) is 5.92 Å². The summed E-state index contributed by atoms with van der Waals surface area (Å²) in [5, 5.41) is 0. The summed E-state index contributed by atoms with van der Waals surface area (Å²) in [6.45, 7) is 5.37. The van der Waals surface area contributed by atoms with E-state index in [4.69, 9.17) is 14.2 Å². The van der Waals surface area contributed by atoms with E-state index >= 15 is 0 Å². The minimum absolute atomic E-state index is 0.0484. The SMILES string of the molecule is CCCOc1ccc(C2C3=C(OC4CCCCC4C3=O)C(=O)N2Cc2cccnc2)cc1OCC. The van der Waals surface area contributed by atoms with Gasteiger partial charge in [-0.3, -0.25) is 14.6 Å². The first-order valence-corrected chi connectivity index (χ1v) is 12.7. The average Bonchev–Trinajstić information content (AvgIpc) is 3.15. The molecule has 2 aromatic rings. The number of pyridine rings is 1. The minimum atomic E-state index is -0.549. The van der Waals surface area contributed by atoms with E-state index in [9.17, 15) is 9.59 Å². The molecule has 1 amide bonds. The minimum Gasteiger partial charge on any atom is -0.490 e. The molecule has 3 atom stereocenters. The number of ether oxygens (including phenoxy) is 3. The van der Waals surface area contributed by atoms with E-state index < -0.39 is 6.04 Å². The molecule has 35 heavy (non-hydrogen) atoms. The van der Waals surface area contributed by atoms with Crippen LogP contribution in [0.25, 0.3) is 0 Å². The van der Waals surface area contributed by atoms with Crippen LogP contribution >= 0.6 is 0 Å². The number of benzene rings is 1. The molecule has 3 aliphatic rings. The predicted octanol–water partition coefficient (Wildman–Crippen LogP) is 4.76. The number of amides is 1. The van der Waals surface area contributed by atoms with Gasteiger partial charge in [-0.25, -0.2) is 0 Å². The summed E-state index contributed by atoms with van der Waals surface area (Å²) >= 11 is 0. The number of aromatic nitrogens is 1. The number of hydrogen-bond acceptors (Lipinski definition) is 6. The van der Waals surface area contributed by atoms with E-state index in [0.717, 1.165) is 43.2 Å². The van der Waals surface area contributed by atoms with Gasteiger partial charge in [-0.1, -0.05) is 25.5 Å². The Morgan fingerprint density at radius 1 is 1.09 bits per heavy atom. The molecule has 0 radical (unpaired) electrons. The van der Waals surface area contributed by atoms with Gasteiger partial charge in [-0.15, -0.1) is 0 Å². The van der Waals surface area contributed by atoms with Crippen LogP contribution in [0.4, 0.5) is 0 Å². The first kappa shape index (κ1) is 23.4. The Morgan fingerprint density at radius 2 is 1.94 bits per heavy atom. The molecule has 7 nitrogen and oxygen atoms in total. The molecular weight excluding hydrogens is 444 g/mol. The van der Waals surface area contributed by atoms with Gasteiger partial charge in [-0.05, 0) is 61.9 Å². The van der Waals surface area contributed by atoms with E-state index in [0.29, 0.717) is 36.8 Å². The number of nitrogens with zero attached hydrogens (tertiary/aromatic N) is 2. The second-order valence-corrected chi connectivity index (χ2v) is 9.34. The number of fused-ring (bicyclic) bond motifs is 1.